The minimum absolute atomic E-state index is 0.358. The first-order chi connectivity index (χ1) is 7.75. The summed E-state index contributed by atoms with van der Waals surface area (Å²) in [7, 11) is 0. The van der Waals surface area contributed by atoms with Crippen molar-refractivity contribution in [3.05, 3.63) is 0 Å². The van der Waals surface area contributed by atoms with Gasteiger partial charge < -0.3 is 5.73 Å². The molecule has 0 unspecified atom stereocenters. The Hall–Kier alpha value is -0.610. The standard InChI is InChI=1S/C12H24N4/c13-12(14)10-11-4-8-16(9-5-11)15-6-2-1-3-7-15/h11H,1-10H2,(H3,13,14). The van der Waals surface area contributed by atoms with Gasteiger partial charge >= 0.3 is 0 Å². The SMILES string of the molecule is N=C(N)CC1CCN(N2CCCCC2)CC1. The number of hydrazine groups is 1. The lowest BCUT2D eigenvalue weighted by Crippen LogP contribution is -2.49. The van der Waals surface area contributed by atoms with E-state index in [0.717, 1.165) is 19.5 Å². The van der Waals surface area contributed by atoms with E-state index < -0.39 is 0 Å². The Kier molecular flexibility index (Phi) is 4.18. The van der Waals surface area contributed by atoms with E-state index in [1.165, 1.54) is 45.2 Å². The van der Waals surface area contributed by atoms with Gasteiger partial charge in [0.25, 0.3) is 0 Å². The third-order valence-corrected chi connectivity index (χ3v) is 3.83. The molecule has 2 rings (SSSR count). The highest BCUT2D eigenvalue weighted by atomic mass is 15.6. The van der Waals surface area contributed by atoms with Crippen LogP contribution in [-0.4, -0.2) is 42.0 Å². The van der Waals surface area contributed by atoms with Gasteiger partial charge in [-0.25, -0.2) is 10.0 Å². The molecule has 4 heteroatoms. The normalized spacial score (nSPS) is 25.8. The van der Waals surface area contributed by atoms with Crippen molar-refractivity contribution in [2.24, 2.45) is 11.7 Å². The molecular formula is C12H24N4. The van der Waals surface area contributed by atoms with Crippen LogP contribution in [0.2, 0.25) is 0 Å². The van der Waals surface area contributed by atoms with Crippen LogP contribution in [0.15, 0.2) is 0 Å². The summed E-state index contributed by atoms with van der Waals surface area (Å²) in [6.45, 7) is 4.82. The van der Waals surface area contributed by atoms with Crippen molar-refractivity contribution in [1.82, 2.24) is 10.0 Å². The van der Waals surface area contributed by atoms with Crippen molar-refractivity contribution in [3.8, 4) is 0 Å². The van der Waals surface area contributed by atoms with Gasteiger partial charge in [0, 0.05) is 32.6 Å². The van der Waals surface area contributed by atoms with Gasteiger partial charge in [-0.15, -0.1) is 0 Å². The number of amidine groups is 1. The van der Waals surface area contributed by atoms with Gasteiger partial charge in [-0.2, -0.15) is 0 Å². The molecule has 2 aliphatic heterocycles. The lowest BCUT2D eigenvalue weighted by Gasteiger charge is -2.41. The quantitative estimate of drug-likeness (QED) is 0.563. The molecule has 2 saturated heterocycles. The van der Waals surface area contributed by atoms with Crippen LogP contribution in [0.1, 0.15) is 38.5 Å². The van der Waals surface area contributed by atoms with Crippen molar-refractivity contribution in [2.75, 3.05) is 26.2 Å². The maximum Gasteiger partial charge on any atom is 0.0908 e. The van der Waals surface area contributed by atoms with Crippen molar-refractivity contribution < 1.29 is 0 Å². The van der Waals surface area contributed by atoms with Crippen LogP contribution in [0.4, 0.5) is 0 Å². The average Bonchev–Trinajstić information content (AvgIpc) is 2.30. The maximum atomic E-state index is 7.33. The lowest BCUT2D eigenvalue weighted by atomic mass is 9.94. The van der Waals surface area contributed by atoms with Gasteiger partial charge in [-0.3, -0.25) is 5.41 Å². The molecule has 0 aromatic rings. The number of nitrogens with zero attached hydrogens (tertiary/aromatic N) is 2. The van der Waals surface area contributed by atoms with Crippen LogP contribution in [0.25, 0.3) is 0 Å². The fourth-order valence-corrected chi connectivity index (χ4v) is 2.88. The topological polar surface area (TPSA) is 56.4 Å². The van der Waals surface area contributed by atoms with E-state index in [1.54, 1.807) is 0 Å². The highest BCUT2D eigenvalue weighted by Gasteiger charge is 2.24. The summed E-state index contributed by atoms with van der Waals surface area (Å²) in [6, 6.07) is 0. The first-order valence-corrected chi connectivity index (χ1v) is 6.58. The zero-order valence-electron chi connectivity index (χ0n) is 10.1. The minimum Gasteiger partial charge on any atom is -0.388 e. The molecule has 2 aliphatic rings. The van der Waals surface area contributed by atoms with Crippen LogP contribution in [0.5, 0.6) is 0 Å². The second kappa shape index (κ2) is 5.64. The van der Waals surface area contributed by atoms with E-state index in [4.69, 9.17) is 11.1 Å². The third kappa shape index (κ3) is 3.19. The van der Waals surface area contributed by atoms with Gasteiger partial charge in [0.05, 0.1) is 5.84 Å². The number of hydrogen-bond donors (Lipinski definition) is 2. The van der Waals surface area contributed by atoms with Gasteiger partial charge in [0.2, 0.25) is 0 Å². The largest absolute Gasteiger partial charge is 0.388 e. The minimum atomic E-state index is 0.358. The second-order valence-electron chi connectivity index (χ2n) is 5.14. The summed E-state index contributed by atoms with van der Waals surface area (Å²) >= 11 is 0. The van der Waals surface area contributed by atoms with Crippen molar-refractivity contribution in [3.63, 3.8) is 0 Å². The fourth-order valence-electron chi connectivity index (χ4n) is 2.88. The Labute approximate surface area is 98.3 Å². The first kappa shape index (κ1) is 11.9. The fraction of sp³-hybridized carbons (Fsp3) is 0.917. The molecule has 16 heavy (non-hydrogen) atoms. The number of hydrogen-bond acceptors (Lipinski definition) is 3. The smallest absolute Gasteiger partial charge is 0.0908 e. The Morgan fingerprint density at radius 2 is 1.56 bits per heavy atom. The lowest BCUT2D eigenvalue weighted by molar-refractivity contribution is -0.0604. The highest BCUT2D eigenvalue weighted by Crippen LogP contribution is 2.23. The van der Waals surface area contributed by atoms with E-state index in [9.17, 15) is 0 Å². The summed E-state index contributed by atoms with van der Waals surface area (Å²) in [6.07, 6.45) is 7.32. The molecule has 0 aromatic heterocycles. The van der Waals surface area contributed by atoms with Gasteiger partial charge in [0.15, 0.2) is 0 Å². The van der Waals surface area contributed by atoms with Crippen LogP contribution < -0.4 is 5.73 Å². The summed E-state index contributed by atoms with van der Waals surface area (Å²) in [5.74, 6) is 1.01. The van der Waals surface area contributed by atoms with Gasteiger partial charge in [-0.1, -0.05) is 6.42 Å². The molecule has 0 bridgehead atoms. The highest BCUT2D eigenvalue weighted by molar-refractivity contribution is 5.77. The summed E-state index contributed by atoms with van der Waals surface area (Å²) < 4.78 is 0. The van der Waals surface area contributed by atoms with Crippen molar-refractivity contribution in [2.45, 2.75) is 38.5 Å². The first-order valence-electron chi connectivity index (χ1n) is 6.58. The number of nitrogens with one attached hydrogen (secondary N) is 1. The summed E-state index contributed by atoms with van der Waals surface area (Å²) in [5.41, 5.74) is 5.46. The molecule has 2 fully saturated rings. The molecule has 0 amide bonds. The Bertz CT molecular complexity index is 227. The predicted octanol–water partition coefficient (Wildman–Crippen LogP) is 1.43. The Balaban J connectivity index is 1.73. The molecule has 0 spiro atoms. The van der Waals surface area contributed by atoms with Crippen LogP contribution in [0, 0.1) is 11.3 Å². The Morgan fingerprint density at radius 1 is 1.00 bits per heavy atom. The molecule has 4 nitrogen and oxygen atoms in total. The zero-order valence-corrected chi connectivity index (χ0v) is 10.1. The zero-order chi connectivity index (χ0) is 11.4. The summed E-state index contributed by atoms with van der Waals surface area (Å²) in [4.78, 5) is 0. The molecule has 0 saturated carbocycles. The van der Waals surface area contributed by atoms with Gasteiger partial charge in [0.1, 0.15) is 0 Å². The van der Waals surface area contributed by atoms with Gasteiger partial charge in [-0.05, 0) is 31.6 Å². The molecule has 92 valence electrons. The van der Waals surface area contributed by atoms with Crippen LogP contribution >= 0.6 is 0 Å². The third-order valence-electron chi connectivity index (χ3n) is 3.83. The average molecular weight is 224 g/mol. The number of rotatable bonds is 3. The molecule has 0 aliphatic carbocycles. The van der Waals surface area contributed by atoms with Crippen molar-refractivity contribution >= 4 is 5.84 Å². The van der Waals surface area contributed by atoms with E-state index >= 15 is 0 Å². The van der Waals surface area contributed by atoms with Crippen LogP contribution in [0.3, 0.4) is 0 Å². The van der Waals surface area contributed by atoms with E-state index in [2.05, 4.69) is 10.0 Å². The molecular weight excluding hydrogens is 200 g/mol. The number of nitrogens with two attached hydrogens (primary N) is 1. The molecule has 3 N–H and O–H groups in total. The number of piperidine rings is 2. The Morgan fingerprint density at radius 3 is 2.12 bits per heavy atom. The van der Waals surface area contributed by atoms with Crippen LogP contribution in [-0.2, 0) is 0 Å². The molecule has 0 atom stereocenters. The molecule has 0 aromatic carbocycles. The molecule has 0 radical (unpaired) electrons. The van der Waals surface area contributed by atoms with Crippen molar-refractivity contribution in [1.29, 1.82) is 5.41 Å². The van der Waals surface area contributed by atoms with E-state index in [1.807, 2.05) is 0 Å². The molecule has 2 heterocycles. The predicted molar refractivity (Wildman–Crippen MR) is 66.3 cm³/mol. The maximum absolute atomic E-state index is 7.33. The van der Waals surface area contributed by atoms with E-state index in [0.29, 0.717) is 11.8 Å². The summed E-state index contributed by atoms with van der Waals surface area (Å²) in [5, 5.41) is 12.4. The monoisotopic (exact) mass is 224 g/mol. The van der Waals surface area contributed by atoms with E-state index in [-0.39, 0.29) is 0 Å². The second-order valence-corrected chi connectivity index (χ2v) is 5.14.